The maximum absolute atomic E-state index is 12.8. The lowest BCUT2D eigenvalue weighted by Gasteiger charge is -2.35. The second kappa shape index (κ2) is 8.44. The number of pyridine rings is 1. The number of ether oxygens (including phenoxy) is 1. The average Bonchev–Trinajstić information content (AvgIpc) is 3.15. The molecule has 0 saturated carbocycles. The smallest absolute Gasteiger partial charge is 0.242 e. The SMILES string of the molecule is COc1ccc2c(ccn2CC(=O)N2CCN(CCc3ccncc3)CC2)c1. The highest BCUT2D eigenvalue weighted by Gasteiger charge is 2.21. The van der Waals surface area contributed by atoms with Crippen molar-refractivity contribution in [3.8, 4) is 5.75 Å². The average molecular weight is 378 g/mol. The number of aromatic nitrogens is 2. The fourth-order valence-electron chi connectivity index (χ4n) is 3.75. The van der Waals surface area contributed by atoms with Crippen molar-refractivity contribution in [2.75, 3.05) is 39.8 Å². The topological polar surface area (TPSA) is 50.6 Å². The summed E-state index contributed by atoms with van der Waals surface area (Å²) < 4.78 is 7.29. The van der Waals surface area contributed by atoms with E-state index >= 15 is 0 Å². The van der Waals surface area contributed by atoms with Crippen LogP contribution < -0.4 is 4.74 Å². The van der Waals surface area contributed by atoms with E-state index in [2.05, 4.69) is 22.0 Å². The Balaban J connectivity index is 1.29. The summed E-state index contributed by atoms with van der Waals surface area (Å²) in [6.07, 6.45) is 6.68. The molecule has 0 aliphatic carbocycles. The Bertz CT molecular complexity index is 930. The van der Waals surface area contributed by atoms with Gasteiger partial charge in [0, 0.05) is 62.2 Å². The van der Waals surface area contributed by atoms with Crippen molar-refractivity contribution in [3.05, 3.63) is 60.6 Å². The van der Waals surface area contributed by atoms with E-state index < -0.39 is 0 Å². The number of hydrogen-bond donors (Lipinski definition) is 0. The molecule has 0 bridgehead atoms. The van der Waals surface area contributed by atoms with E-state index in [0.29, 0.717) is 6.54 Å². The summed E-state index contributed by atoms with van der Waals surface area (Å²) in [7, 11) is 1.67. The summed E-state index contributed by atoms with van der Waals surface area (Å²) >= 11 is 0. The Morgan fingerprint density at radius 1 is 1.07 bits per heavy atom. The van der Waals surface area contributed by atoms with Crippen LogP contribution in [0.25, 0.3) is 10.9 Å². The molecule has 1 aromatic carbocycles. The highest BCUT2D eigenvalue weighted by atomic mass is 16.5. The van der Waals surface area contributed by atoms with Crippen LogP contribution in [0.4, 0.5) is 0 Å². The van der Waals surface area contributed by atoms with Crippen LogP contribution in [0.3, 0.4) is 0 Å². The van der Waals surface area contributed by atoms with Gasteiger partial charge in [0.1, 0.15) is 12.3 Å². The Kier molecular flexibility index (Phi) is 5.58. The third-order valence-electron chi connectivity index (χ3n) is 5.47. The van der Waals surface area contributed by atoms with Gasteiger partial charge in [0.2, 0.25) is 5.91 Å². The largest absolute Gasteiger partial charge is 0.497 e. The van der Waals surface area contributed by atoms with Crippen LogP contribution >= 0.6 is 0 Å². The van der Waals surface area contributed by atoms with E-state index in [-0.39, 0.29) is 5.91 Å². The molecule has 1 fully saturated rings. The molecule has 0 spiro atoms. The fourth-order valence-corrected chi connectivity index (χ4v) is 3.75. The van der Waals surface area contributed by atoms with Crippen LogP contribution in [0.5, 0.6) is 5.75 Å². The van der Waals surface area contributed by atoms with Gasteiger partial charge in [-0.2, -0.15) is 0 Å². The molecular formula is C22H26N4O2. The van der Waals surface area contributed by atoms with Gasteiger partial charge in [-0.1, -0.05) is 0 Å². The molecule has 1 amide bonds. The van der Waals surface area contributed by atoms with Gasteiger partial charge in [-0.05, 0) is 48.4 Å². The summed E-state index contributed by atoms with van der Waals surface area (Å²) in [5, 5.41) is 1.09. The second-order valence-corrected chi connectivity index (χ2v) is 7.20. The highest BCUT2D eigenvalue weighted by Crippen LogP contribution is 2.22. The van der Waals surface area contributed by atoms with Crippen molar-refractivity contribution in [2.24, 2.45) is 0 Å². The Hall–Kier alpha value is -2.86. The van der Waals surface area contributed by atoms with Crippen molar-refractivity contribution >= 4 is 16.8 Å². The molecule has 1 aliphatic rings. The quantitative estimate of drug-likeness (QED) is 0.661. The third-order valence-corrected chi connectivity index (χ3v) is 5.47. The van der Waals surface area contributed by atoms with Gasteiger partial charge in [-0.3, -0.25) is 14.7 Å². The summed E-state index contributed by atoms with van der Waals surface area (Å²) in [5.74, 6) is 1.02. The molecule has 3 heterocycles. The van der Waals surface area contributed by atoms with Crippen molar-refractivity contribution < 1.29 is 9.53 Å². The zero-order chi connectivity index (χ0) is 19.3. The molecule has 1 aliphatic heterocycles. The Labute approximate surface area is 165 Å². The van der Waals surface area contributed by atoms with E-state index in [0.717, 1.165) is 55.8 Å². The normalized spacial score (nSPS) is 15.1. The maximum Gasteiger partial charge on any atom is 0.242 e. The van der Waals surface area contributed by atoms with E-state index in [4.69, 9.17) is 4.74 Å². The fraction of sp³-hybridized carbons (Fsp3) is 0.364. The number of methoxy groups -OCH3 is 1. The molecule has 28 heavy (non-hydrogen) atoms. The summed E-state index contributed by atoms with van der Waals surface area (Å²) in [5.41, 5.74) is 2.37. The summed E-state index contributed by atoms with van der Waals surface area (Å²) in [4.78, 5) is 21.3. The predicted molar refractivity (Wildman–Crippen MR) is 109 cm³/mol. The number of benzene rings is 1. The minimum atomic E-state index is 0.183. The van der Waals surface area contributed by atoms with Crippen molar-refractivity contribution in [1.82, 2.24) is 19.4 Å². The van der Waals surface area contributed by atoms with E-state index in [1.165, 1.54) is 5.56 Å². The molecule has 0 N–H and O–H groups in total. The Morgan fingerprint density at radius 2 is 1.86 bits per heavy atom. The number of carbonyl (C=O) groups excluding carboxylic acids is 1. The number of nitrogens with zero attached hydrogens (tertiary/aromatic N) is 4. The zero-order valence-corrected chi connectivity index (χ0v) is 16.3. The molecule has 4 rings (SSSR count). The number of amides is 1. The third kappa shape index (κ3) is 4.17. The number of carbonyl (C=O) groups is 1. The van der Waals surface area contributed by atoms with Crippen LogP contribution in [0.1, 0.15) is 5.56 Å². The lowest BCUT2D eigenvalue weighted by atomic mass is 10.2. The summed E-state index contributed by atoms with van der Waals surface area (Å²) in [6.45, 7) is 4.86. The summed E-state index contributed by atoms with van der Waals surface area (Å²) in [6, 6.07) is 12.1. The first-order valence-electron chi connectivity index (χ1n) is 9.75. The van der Waals surface area contributed by atoms with Gasteiger partial charge in [0.05, 0.1) is 7.11 Å². The van der Waals surface area contributed by atoms with Gasteiger partial charge in [0.25, 0.3) is 0 Å². The predicted octanol–water partition coefficient (Wildman–Crippen LogP) is 2.43. The van der Waals surface area contributed by atoms with Gasteiger partial charge in [-0.15, -0.1) is 0 Å². The monoisotopic (exact) mass is 378 g/mol. The first kappa shape index (κ1) is 18.5. The standard InChI is InChI=1S/C22H26N4O2/c1-28-20-2-3-21-19(16-20)7-11-26(21)17-22(27)25-14-12-24(13-15-25)10-6-18-4-8-23-9-5-18/h2-5,7-9,11,16H,6,10,12-15,17H2,1H3. The highest BCUT2D eigenvalue weighted by molar-refractivity contribution is 5.84. The number of piperazine rings is 1. The lowest BCUT2D eigenvalue weighted by molar-refractivity contribution is -0.133. The van der Waals surface area contributed by atoms with Crippen molar-refractivity contribution in [3.63, 3.8) is 0 Å². The second-order valence-electron chi connectivity index (χ2n) is 7.20. The van der Waals surface area contributed by atoms with E-state index in [9.17, 15) is 4.79 Å². The van der Waals surface area contributed by atoms with Gasteiger partial charge in [-0.25, -0.2) is 0 Å². The number of rotatable bonds is 6. The molecule has 0 unspecified atom stereocenters. The van der Waals surface area contributed by atoms with Gasteiger partial charge < -0.3 is 14.2 Å². The first-order valence-corrected chi connectivity index (χ1v) is 9.75. The molecular weight excluding hydrogens is 352 g/mol. The van der Waals surface area contributed by atoms with Gasteiger partial charge >= 0.3 is 0 Å². The van der Waals surface area contributed by atoms with Crippen LogP contribution in [0.2, 0.25) is 0 Å². The minimum absolute atomic E-state index is 0.183. The van der Waals surface area contributed by atoms with Crippen LogP contribution in [-0.2, 0) is 17.8 Å². The van der Waals surface area contributed by atoms with E-state index in [1.807, 2.05) is 52.3 Å². The molecule has 6 heteroatoms. The van der Waals surface area contributed by atoms with Gasteiger partial charge in [0.15, 0.2) is 0 Å². The van der Waals surface area contributed by atoms with Crippen molar-refractivity contribution in [2.45, 2.75) is 13.0 Å². The molecule has 1 saturated heterocycles. The molecule has 6 nitrogen and oxygen atoms in total. The number of hydrogen-bond acceptors (Lipinski definition) is 4. The molecule has 146 valence electrons. The minimum Gasteiger partial charge on any atom is -0.497 e. The van der Waals surface area contributed by atoms with Crippen LogP contribution in [-0.4, -0.2) is 65.1 Å². The molecule has 0 atom stereocenters. The van der Waals surface area contributed by atoms with Crippen LogP contribution in [0, 0.1) is 0 Å². The number of fused-ring (bicyclic) bond motifs is 1. The van der Waals surface area contributed by atoms with Crippen LogP contribution in [0.15, 0.2) is 55.0 Å². The lowest BCUT2D eigenvalue weighted by Crippen LogP contribution is -2.49. The zero-order valence-electron chi connectivity index (χ0n) is 16.3. The first-order chi connectivity index (χ1) is 13.7. The molecule has 2 aromatic heterocycles. The van der Waals surface area contributed by atoms with E-state index in [1.54, 1.807) is 7.11 Å². The van der Waals surface area contributed by atoms with Crippen molar-refractivity contribution in [1.29, 1.82) is 0 Å². The Morgan fingerprint density at radius 3 is 2.61 bits per heavy atom. The molecule has 0 radical (unpaired) electrons. The molecule has 3 aromatic rings. The maximum atomic E-state index is 12.8.